The van der Waals surface area contributed by atoms with E-state index in [-0.39, 0.29) is 19.0 Å². The van der Waals surface area contributed by atoms with Gasteiger partial charge in [0, 0.05) is 13.7 Å². The highest BCUT2D eigenvalue weighted by Gasteiger charge is 2.10. The van der Waals surface area contributed by atoms with Crippen molar-refractivity contribution in [2.75, 3.05) is 40.1 Å². The molecule has 5 nitrogen and oxygen atoms in total. The number of aliphatic hydroxyl groups excluding tert-OH is 1. The van der Waals surface area contributed by atoms with Gasteiger partial charge in [-0.3, -0.25) is 0 Å². The monoisotopic (exact) mass is 222 g/mol. The first kappa shape index (κ1) is 14.8. The number of methoxy groups -OCH3 is 1. The molecule has 15 heavy (non-hydrogen) atoms. The third-order valence-electron chi connectivity index (χ3n) is 1.76. The fraction of sp³-hybridized carbons (Fsp3) is 1.00. The predicted molar refractivity (Wildman–Crippen MR) is 55.7 cm³/mol. The second kappa shape index (κ2) is 10.3. The molecule has 0 heterocycles. The van der Waals surface area contributed by atoms with Crippen molar-refractivity contribution in [1.29, 1.82) is 0 Å². The van der Waals surface area contributed by atoms with Crippen LogP contribution in [0.4, 0.5) is 0 Å². The van der Waals surface area contributed by atoms with Gasteiger partial charge in [-0.1, -0.05) is 0 Å². The smallest absolute Gasteiger partial charge is 0.180 e. The minimum atomic E-state index is -0.390. The Morgan fingerprint density at radius 1 is 1.20 bits per heavy atom. The van der Waals surface area contributed by atoms with Gasteiger partial charge in [-0.25, -0.2) is 0 Å². The van der Waals surface area contributed by atoms with Gasteiger partial charge in [-0.15, -0.1) is 0 Å². The van der Waals surface area contributed by atoms with Crippen LogP contribution in [0, 0.1) is 0 Å². The molecular weight excluding hydrogens is 200 g/mol. The summed E-state index contributed by atoms with van der Waals surface area (Å²) in [5.74, 6) is 0. The van der Waals surface area contributed by atoms with Gasteiger partial charge in [0.05, 0.1) is 32.5 Å². The summed E-state index contributed by atoms with van der Waals surface area (Å²) in [6.45, 7) is 5.46. The van der Waals surface area contributed by atoms with Gasteiger partial charge in [-0.2, -0.15) is 0 Å². The SMILES string of the molecule is CCOC(COCCO)OCC(C)OC. The van der Waals surface area contributed by atoms with Gasteiger partial charge in [0.25, 0.3) is 0 Å². The van der Waals surface area contributed by atoms with E-state index in [2.05, 4.69) is 0 Å². The molecule has 0 aliphatic rings. The van der Waals surface area contributed by atoms with E-state index in [4.69, 9.17) is 24.1 Å². The summed E-state index contributed by atoms with van der Waals surface area (Å²) in [5.41, 5.74) is 0. The van der Waals surface area contributed by atoms with Gasteiger partial charge in [0.1, 0.15) is 0 Å². The lowest BCUT2D eigenvalue weighted by Gasteiger charge is -2.19. The minimum Gasteiger partial charge on any atom is -0.394 e. The van der Waals surface area contributed by atoms with Crippen LogP contribution in [-0.4, -0.2) is 57.6 Å². The van der Waals surface area contributed by atoms with Crippen LogP contribution >= 0.6 is 0 Å². The standard InChI is InChI=1S/C10H22O5/c1-4-14-10(8-13-6-5-11)15-7-9(2)12-3/h9-11H,4-8H2,1-3H3. The Kier molecular flexibility index (Phi) is 10.2. The first-order valence-electron chi connectivity index (χ1n) is 5.19. The number of hydrogen-bond donors (Lipinski definition) is 1. The van der Waals surface area contributed by atoms with Crippen LogP contribution in [0.5, 0.6) is 0 Å². The molecule has 0 aromatic rings. The lowest BCUT2D eigenvalue weighted by Crippen LogP contribution is -2.28. The van der Waals surface area contributed by atoms with Crippen LogP contribution in [0.25, 0.3) is 0 Å². The molecule has 0 fully saturated rings. The zero-order chi connectivity index (χ0) is 11.5. The highest BCUT2D eigenvalue weighted by Crippen LogP contribution is 1.99. The Balaban J connectivity index is 3.62. The van der Waals surface area contributed by atoms with E-state index in [1.807, 2.05) is 13.8 Å². The average Bonchev–Trinajstić information content (AvgIpc) is 2.25. The first-order chi connectivity index (χ1) is 7.24. The Hall–Kier alpha value is -0.200. The van der Waals surface area contributed by atoms with Gasteiger partial charge >= 0.3 is 0 Å². The Bertz CT molecular complexity index is 131. The van der Waals surface area contributed by atoms with Gasteiger partial charge in [0.15, 0.2) is 6.29 Å². The number of ether oxygens (including phenoxy) is 4. The van der Waals surface area contributed by atoms with Crippen molar-refractivity contribution in [2.45, 2.75) is 26.2 Å². The van der Waals surface area contributed by atoms with Crippen LogP contribution in [0.2, 0.25) is 0 Å². The lowest BCUT2D eigenvalue weighted by atomic mass is 10.4. The highest BCUT2D eigenvalue weighted by molar-refractivity contribution is 4.48. The molecule has 0 rings (SSSR count). The van der Waals surface area contributed by atoms with Crippen molar-refractivity contribution in [3.05, 3.63) is 0 Å². The predicted octanol–water partition coefficient (Wildman–Crippen LogP) is 0.409. The van der Waals surface area contributed by atoms with Crippen molar-refractivity contribution >= 4 is 0 Å². The molecule has 0 saturated carbocycles. The maximum Gasteiger partial charge on any atom is 0.180 e. The van der Waals surface area contributed by atoms with E-state index < -0.39 is 0 Å². The van der Waals surface area contributed by atoms with Crippen LogP contribution in [0.3, 0.4) is 0 Å². The van der Waals surface area contributed by atoms with Crippen LogP contribution in [0.15, 0.2) is 0 Å². The zero-order valence-corrected chi connectivity index (χ0v) is 9.77. The maximum atomic E-state index is 8.54. The number of rotatable bonds is 10. The van der Waals surface area contributed by atoms with E-state index in [9.17, 15) is 0 Å². The van der Waals surface area contributed by atoms with Crippen molar-refractivity contribution in [2.24, 2.45) is 0 Å². The fourth-order valence-corrected chi connectivity index (χ4v) is 0.885. The summed E-state index contributed by atoms with van der Waals surface area (Å²) >= 11 is 0. The van der Waals surface area contributed by atoms with Gasteiger partial charge in [-0.05, 0) is 13.8 Å². The summed E-state index contributed by atoms with van der Waals surface area (Å²) in [5, 5.41) is 8.54. The summed E-state index contributed by atoms with van der Waals surface area (Å²) in [6.07, 6.45) is -0.357. The summed E-state index contributed by atoms with van der Waals surface area (Å²) in [6, 6.07) is 0. The second-order valence-electron chi connectivity index (χ2n) is 3.06. The van der Waals surface area contributed by atoms with E-state index in [0.29, 0.717) is 26.4 Å². The lowest BCUT2D eigenvalue weighted by molar-refractivity contribution is -0.183. The molecule has 0 aliphatic heterocycles. The normalized spacial score (nSPS) is 15.2. The molecule has 0 aliphatic carbocycles. The number of aliphatic hydroxyl groups is 1. The highest BCUT2D eigenvalue weighted by atomic mass is 16.7. The molecule has 1 N–H and O–H groups in total. The zero-order valence-electron chi connectivity index (χ0n) is 9.77. The second-order valence-corrected chi connectivity index (χ2v) is 3.06. The fourth-order valence-electron chi connectivity index (χ4n) is 0.885. The quantitative estimate of drug-likeness (QED) is 0.428. The van der Waals surface area contributed by atoms with Crippen molar-refractivity contribution in [3.63, 3.8) is 0 Å². The third-order valence-corrected chi connectivity index (χ3v) is 1.76. The molecule has 0 amide bonds. The molecule has 2 atom stereocenters. The molecule has 0 aromatic heterocycles. The Labute approximate surface area is 91.3 Å². The molecule has 5 heteroatoms. The molecule has 0 bridgehead atoms. The van der Waals surface area contributed by atoms with E-state index in [1.165, 1.54) is 0 Å². The third kappa shape index (κ3) is 8.77. The molecule has 0 saturated heterocycles. The van der Waals surface area contributed by atoms with Crippen LogP contribution in [0.1, 0.15) is 13.8 Å². The Morgan fingerprint density at radius 3 is 2.47 bits per heavy atom. The first-order valence-corrected chi connectivity index (χ1v) is 5.19. The van der Waals surface area contributed by atoms with Crippen molar-refractivity contribution < 1.29 is 24.1 Å². The van der Waals surface area contributed by atoms with Gasteiger partial charge < -0.3 is 24.1 Å². The van der Waals surface area contributed by atoms with E-state index >= 15 is 0 Å². The van der Waals surface area contributed by atoms with Gasteiger partial charge in [0.2, 0.25) is 0 Å². The topological polar surface area (TPSA) is 57.2 Å². The number of hydrogen-bond acceptors (Lipinski definition) is 5. The van der Waals surface area contributed by atoms with Crippen molar-refractivity contribution in [1.82, 2.24) is 0 Å². The van der Waals surface area contributed by atoms with E-state index in [0.717, 1.165) is 0 Å². The summed E-state index contributed by atoms with van der Waals surface area (Å²) < 4.78 is 20.9. The Morgan fingerprint density at radius 2 is 1.93 bits per heavy atom. The van der Waals surface area contributed by atoms with Crippen LogP contribution < -0.4 is 0 Å². The minimum absolute atomic E-state index is 0.00726. The molecule has 2 unspecified atom stereocenters. The van der Waals surface area contributed by atoms with Crippen molar-refractivity contribution in [3.8, 4) is 0 Å². The summed E-state index contributed by atoms with van der Waals surface area (Å²) in [7, 11) is 1.63. The molecule has 92 valence electrons. The summed E-state index contributed by atoms with van der Waals surface area (Å²) in [4.78, 5) is 0. The van der Waals surface area contributed by atoms with E-state index in [1.54, 1.807) is 7.11 Å². The largest absolute Gasteiger partial charge is 0.394 e. The molecular formula is C10H22O5. The maximum absolute atomic E-state index is 8.54. The molecule has 0 spiro atoms. The molecule has 0 radical (unpaired) electrons. The average molecular weight is 222 g/mol. The van der Waals surface area contributed by atoms with Crippen LogP contribution in [-0.2, 0) is 18.9 Å². The molecule has 0 aromatic carbocycles.